The highest BCUT2D eigenvalue weighted by Crippen LogP contribution is 2.11. The van der Waals surface area contributed by atoms with E-state index in [-0.39, 0.29) is 11.9 Å². The lowest BCUT2D eigenvalue weighted by molar-refractivity contribution is 0.0671. The third-order valence-electron chi connectivity index (χ3n) is 3.96. The van der Waals surface area contributed by atoms with Gasteiger partial charge in [-0.05, 0) is 18.2 Å². The maximum atomic E-state index is 12.4. The van der Waals surface area contributed by atoms with Crippen molar-refractivity contribution in [3.63, 3.8) is 0 Å². The number of nitrogens with zero attached hydrogens (tertiary/aromatic N) is 3. The Bertz CT molecular complexity index is 688. The average Bonchev–Trinajstić information content (AvgIpc) is 3.02. The summed E-state index contributed by atoms with van der Waals surface area (Å²) in [6, 6.07) is 11.1. The molecule has 2 heterocycles. The van der Waals surface area contributed by atoms with E-state index >= 15 is 0 Å². The molecule has 0 atom stereocenters. The minimum Gasteiger partial charge on any atom is -0.356 e. The van der Waals surface area contributed by atoms with Gasteiger partial charge in [0.2, 0.25) is 0 Å². The van der Waals surface area contributed by atoms with Crippen LogP contribution in [0.4, 0.5) is 10.5 Å². The number of aryl methyl sites for hydroxylation is 1. The number of carbonyl (C=O) groups is 2. The summed E-state index contributed by atoms with van der Waals surface area (Å²) in [5.41, 5.74) is 1.47. The average molecular weight is 312 g/mol. The lowest BCUT2D eigenvalue weighted by Gasteiger charge is -2.34. The molecular weight excluding hydrogens is 292 g/mol. The molecule has 3 amide bonds. The van der Waals surface area contributed by atoms with Gasteiger partial charge in [-0.1, -0.05) is 18.2 Å². The Balaban J connectivity index is 1.54. The monoisotopic (exact) mass is 312 g/mol. The fourth-order valence-corrected chi connectivity index (χ4v) is 2.65. The number of hydrogen-bond donors (Lipinski definition) is 1. The molecule has 1 saturated heterocycles. The van der Waals surface area contributed by atoms with Gasteiger partial charge >= 0.3 is 6.03 Å². The number of piperazine rings is 1. The molecule has 6 heteroatoms. The second-order valence-electron chi connectivity index (χ2n) is 5.64. The van der Waals surface area contributed by atoms with Gasteiger partial charge in [-0.25, -0.2) is 4.79 Å². The van der Waals surface area contributed by atoms with Crippen molar-refractivity contribution in [1.82, 2.24) is 14.4 Å². The van der Waals surface area contributed by atoms with Crippen molar-refractivity contribution < 1.29 is 9.59 Å². The maximum absolute atomic E-state index is 12.4. The quantitative estimate of drug-likeness (QED) is 0.922. The van der Waals surface area contributed by atoms with Crippen LogP contribution in [0.25, 0.3) is 0 Å². The van der Waals surface area contributed by atoms with Crippen LogP contribution < -0.4 is 5.32 Å². The van der Waals surface area contributed by atoms with Crippen LogP contribution in [0.5, 0.6) is 0 Å². The molecule has 0 aliphatic carbocycles. The Morgan fingerprint density at radius 3 is 2.22 bits per heavy atom. The molecule has 0 saturated carbocycles. The summed E-state index contributed by atoms with van der Waals surface area (Å²) >= 11 is 0. The third-order valence-corrected chi connectivity index (χ3v) is 3.96. The molecule has 3 rings (SSSR count). The van der Waals surface area contributed by atoms with Gasteiger partial charge in [0.15, 0.2) is 0 Å². The van der Waals surface area contributed by atoms with E-state index in [2.05, 4.69) is 5.32 Å². The normalized spacial score (nSPS) is 14.7. The van der Waals surface area contributed by atoms with Crippen LogP contribution in [0.1, 0.15) is 10.4 Å². The number of hydrogen-bond acceptors (Lipinski definition) is 2. The number of urea groups is 1. The number of aromatic nitrogens is 1. The molecule has 1 aromatic heterocycles. The zero-order valence-electron chi connectivity index (χ0n) is 13.1. The number of benzene rings is 1. The fourth-order valence-electron chi connectivity index (χ4n) is 2.65. The first kappa shape index (κ1) is 15.1. The van der Waals surface area contributed by atoms with Crippen molar-refractivity contribution in [3.8, 4) is 0 Å². The van der Waals surface area contributed by atoms with Gasteiger partial charge in [-0.15, -0.1) is 0 Å². The summed E-state index contributed by atoms with van der Waals surface area (Å²) in [6.45, 7) is 2.18. The predicted molar refractivity (Wildman–Crippen MR) is 88.4 cm³/mol. The van der Waals surface area contributed by atoms with Gasteiger partial charge in [0.1, 0.15) is 0 Å². The van der Waals surface area contributed by atoms with Crippen molar-refractivity contribution in [2.75, 3.05) is 31.5 Å². The van der Waals surface area contributed by atoms with E-state index in [9.17, 15) is 9.59 Å². The number of anilines is 1. The zero-order chi connectivity index (χ0) is 16.2. The highest BCUT2D eigenvalue weighted by molar-refractivity contribution is 5.94. The summed E-state index contributed by atoms with van der Waals surface area (Å²) < 4.78 is 1.86. The van der Waals surface area contributed by atoms with Crippen LogP contribution in [-0.2, 0) is 7.05 Å². The number of amides is 3. The molecule has 0 bridgehead atoms. The van der Waals surface area contributed by atoms with Gasteiger partial charge in [0, 0.05) is 51.3 Å². The van der Waals surface area contributed by atoms with Crippen molar-refractivity contribution in [3.05, 3.63) is 54.4 Å². The Morgan fingerprint density at radius 2 is 1.61 bits per heavy atom. The first-order valence-corrected chi connectivity index (χ1v) is 7.66. The summed E-state index contributed by atoms with van der Waals surface area (Å²) in [5, 5.41) is 2.87. The van der Waals surface area contributed by atoms with Crippen LogP contribution in [-0.4, -0.2) is 52.5 Å². The van der Waals surface area contributed by atoms with E-state index in [4.69, 9.17) is 0 Å². The van der Waals surface area contributed by atoms with Crippen molar-refractivity contribution >= 4 is 17.6 Å². The van der Waals surface area contributed by atoms with Crippen molar-refractivity contribution in [2.45, 2.75) is 0 Å². The van der Waals surface area contributed by atoms with Crippen molar-refractivity contribution in [2.24, 2.45) is 7.05 Å². The first-order chi connectivity index (χ1) is 11.1. The maximum Gasteiger partial charge on any atom is 0.321 e. The van der Waals surface area contributed by atoms with E-state index in [1.54, 1.807) is 9.80 Å². The van der Waals surface area contributed by atoms with E-state index in [0.29, 0.717) is 31.7 Å². The summed E-state index contributed by atoms with van der Waals surface area (Å²) in [5.74, 6) is 0.0220. The highest BCUT2D eigenvalue weighted by atomic mass is 16.2. The largest absolute Gasteiger partial charge is 0.356 e. The summed E-state index contributed by atoms with van der Waals surface area (Å²) in [6.07, 6.45) is 3.67. The second kappa shape index (κ2) is 6.56. The van der Waals surface area contributed by atoms with Gasteiger partial charge in [0.25, 0.3) is 5.91 Å². The van der Waals surface area contributed by atoms with Gasteiger partial charge in [-0.2, -0.15) is 0 Å². The molecule has 1 aliphatic rings. The lowest BCUT2D eigenvalue weighted by Crippen LogP contribution is -2.51. The summed E-state index contributed by atoms with van der Waals surface area (Å²) in [7, 11) is 1.89. The van der Waals surface area contributed by atoms with Crippen molar-refractivity contribution in [1.29, 1.82) is 0 Å². The van der Waals surface area contributed by atoms with E-state index in [1.165, 1.54) is 0 Å². The predicted octanol–water partition coefficient (Wildman–Crippen LogP) is 2.02. The molecule has 1 N–H and O–H groups in total. The SMILES string of the molecule is Cn1ccc(C(=O)N2CCN(C(=O)Nc3ccccc3)CC2)c1. The molecule has 0 radical (unpaired) electrons. The minimum absolute atomic E-state index is 0.0220. The summed E-state index contributed by atoms with van der Waals surface area (Å²) in [4.78, 5) is 28.1. The molecular formula is C17H20N4O2. The highest BCUT2D eigenvalue weighted by Gasteiger charge is 2.25. The standard InChI is InChI=1S/C17H20N4O2/c1-19-8-7-14(13-19)16(22)20-9-11-21(12-10-20)17(23)18-15-5-3-2-4-6-15/h2-8,13H,9-12H2,1H3,(H,18,23). The van der Waals surface area contributed by atoms with Gasteiger partial charge in [-0.3, -0.25) is 4.79 Å². The van der Waals surface area contributed by atoms with E-state index in [0.717, 1.165) is 5.69 Å². The Hall–Kier alpha value is -2.76. The molecule has 0 unspecified atom stereocenters. The number of para-hydroxylation sites is 1. The van der Waals surface area contributed by atoms with Crippen LogP contribution in [0.2, 0.25) is 0 Å². The third kappa shape index (κ3) is 3.53. The smallest absolute Gasteiger partial charge is 0.321 e. The van der Waals surface area contributed by atoms with E-state index < -0.39 is 0 Å². The molecule has 2 aromatic rings. The Labute approximate surface area is 135 Å². The van der Waals surface area contributed by atoms with E-state index in [1.807, 2.05) is 60.4 Å². The van der Waals surface area contributed by atoms with Gasteiger partial charge < -0.3 is 19.7 Å². The van der Waals surface area contributed by atoms with Crippen LogP contribution in [0.15, 0.2) is 48.8 Å². The molecule has 1 aliphatic heterocycles. The van der Waals surface area contributed by atoms with Crippen LogP contribution >= 0.6 is 0 Å². The molecule has 6 nitrogen and oxygen atoms in total. The van der Waals surface area contributed by atoms with Gasteiger partial charge in [0.05, 0.1) is 5.56 Å². The second-order valence-corrected chi connectivity index (χ2v) is 5.64. The first-order valence-electron chi connectivity index (χ1n) is 7.66. The Kier molecular flexibility index (Phi) is 4.32. The molecule has 1 fully saturated rings. The molecule has 23 heavy (non-hydrogen) atoms. The number of rotatable bonds is 2. The number of nitrogens with one attached hydrogen (secondary N) is 1. The van der Waals surface area contributed by atoms with Crippen LogP contribution in [0.3, 0.4) is 0 Å². The zero-order valence-corrected chi connectivity index (χ0v) is 13.1. The molecule has 120 valence electrons. The number of carbonyl (C=O) groups excluding carboxylic acids is 2. The topological polar surface area (TPSA) is 57.6 Å². The minimum atomic E-state index is -0.122. The van der Waals surface area contributed by atoms with Crippen LogP contribution in [0, 0.1) is 0 Å². The lowest BCUT2D eigenvalue weighted by atomic mass is 10.2. The molecule has 1 aromatic carbocycles. The molecule has 0 spiro atoms. The Morgan fingerprint density at radius 1 is 0.957 bits per heavy atom. The fraction of sp³-hybridized carbons (Fsp3) is 0.294.